The lowest BCUT2D eigenvalue weighted by molar-refractivity contribution is -0.154. The molecule has 2 N–H and O–H groups in total. The summed E-state index contributed by atoms with van der Waals surface area (Å²) in [5.41, 5.74) is 5.56. The van der Waals surface area contributed by atoms with Gasteiger partial charge in [0.05, 0.1) is 12.5 Å². The van der Waals surface area contributed by atoms with Gasteiger partial charge >= 0.3 is 5.97 Å². The van der Waals surface area contributed by atoms with E-state index in [0.29, 0.717) is 18.4 Å². The number of methoxy groups -OCH3 is 1. The molecule has 1 rings (SSSR count). The standard InChI is InChI=1S/C16H31NO2/c1-4-6-7-13(5-2)10-16(12-17,15(18)19-3)11-14-8-9-14/h13-14H,4-12,17H2,1-3H3. The average molecular weight is 269 g/mol. The van der Waals surface area contributed by atoms with E-state index in [2.05, 4.69) is 13.8 Å². The van der Waals surface area contributed by atoms with Gasteiger partial charge in [-0.3, -0.25) is 4.79 Å². The maximum atomic E-state index is 12.3. The van der Waals surface area contributed by atoms with E-state index in [4.69, 9.17) is 10.5 Å². The molecular formula is C16H31NO2. The Hall–Kier alpha value is -0.570. The van der Waals surface area contributed by atoms with Crippen LogP contribution < -0.4 is 5.73 Å². The average Bonchev–Trinajstić information content (AvgIpc) is 3.25. The number of carbonyl (C=O) groups excluding carboxylic acids is 1. The fourth-order valence-electron chi connectivity index (χ4n) is 3.09. The Balaban J connectivity index is 2.71. The highest BCUT2D eigenvalue weighted by atomic mass is 16.5. The Labute approximate surface area is 118 Å². The van der Waals surface area contributed by atoms with E-state index in [1.165, 1.54) is 39.2 Å². The molecule has 112 valence electrons. The first kappa shape index (κ1) is 16.5. The second-order valence-electron chi connectivity index (χ2n) is 6.24. The van der Waals surface area contributed by atoms with Crippen LogP contribution in [0, 0.1) is 17.3 Å². The number of rotatable bonds is 10. The van der Waals surface area contributed by atoms with Crippen molar-refractivity contribution in [2.75, 3.05) is 13.7 Å². The van der Waals surface area contributed by atoms with Crippen molar-refractivity contribution in [1.29, 1.82) is 0 Å². The van der Waals surface area contributed by atoms with Gasteiger partial charge in [0.25, 0.3) is 0 Å². The summed E-state index contributed by atoms with van der Waals surface area (Å²) in [6, 6.07) is 0. The lowest BCUT2D eigenvalue weighted by Gasteiger charge is -2.33. The molecule has 3 nitrogen and oxygen atoms in total. The van der Waals surface area contributed by atoms with Gasteiger partial charge in [-0.25, -0.2) is 0 Å². The minimum Gasteiger partial charge on any atom is -0.469 e. The van der Waals surface area contributed by atoms with Crippen molar-refractivity contribution in [3.05, 3.63) is 0 Å². The predicted molar refractivity (Wildman–Crippen MR) is 78.8 cm³/mol. The number of nitrogens with two attached hydrogens (primary N) is 1. The topological polar surface area (TPSA) is 52.3 Å². The van der Waals surface area contributed by atoms with Gasteiger partial charge in [-0.05, 0) is 24.7 Å². The molecule has 0 heterocycles. The summed E-state index contributed by atoms with van der Waals surface area (Å²) in [5, 5.41) is 0. The zero-order valence-electron chi connectivity index (χ0n) is 12.9. The molecule has 19 heavy (non-hydrogen) atoms. The van der Waals surface area contributed by atoms with Crippen LogP contribution in [0.5, 0.6) is 0 Å². The van der Waals surface area contributed by atoms with Gasteiger partial charge in [-0.2, -0.15) is 0 Å². The quantitative estimate of drug-likeness (QED) is 0.617. The Bertz CT molecular complexity index is 276. The van der Waals surface area contributed by atoms with Crippen LogP contribution in [-0.4, -0.2) is 19.6 Å². The Kier molecular flexibility index (Phi) is 6.84. The van der Waals surface area contributed by atoms with Crippen LogP contribution in [0.15, 0.2) is 0 Å². The predicted octanol–water partition coefficient (Wildman–Crippen LogP) is 3.51. The van der Waals surface area contributed by atoms with Crippen LogP contribution >= 0.6 is 0 Å². The molecule has 0 amide bonds. The number of unbranched alkanes of at least 4 members (excludes halogenated alkanes) is 1. The Morgan fingerprint density at radius 1 is 1.42 bits per heavy atom. The lowest BCUT2D eigenvalue weighted by atomic mass is 9.73. The number of esters is 1. The van der Waals surface area contributed by atoms with Gasteiger partial charge < -0.3 is 10.5 Å². The molecule has 0 aromatic heterocycles. The first-order valence-corrected chi connectivity index (χ1v) is 7.90. The van der Waals surface area contributed by atoms with E-state index in [0.717, 1.165) is 19.3 Å². The number of hydrogen-bond donors (Lipinski definition) is 1. The van der Waals surface area contributed by atoms with Gasteiger partial charge in [0.2, 0.25) is 0 Å². The van der Waals surface area contributed by atoms with Crippen LogP contribution in [0.3, 0.4) is 0 Å². The molecule has 3 heteroatoms. The van der Waals surface area contributed by atoms with Crippen molar-refractivity contribution in [2.24, 2.45) is 23.0 Å². The van der Waals surface area contributed by atoms with Gasteiger partial charge in [-0.15, -0.1) is 0 Å². The molecule has 0 saturated heterocycles. The maximum absolute atomic E-state index is 12.3. The maximum Gasteiger partial charge on any atom is 0.313 e. The molecule has 1 saturated carbocycles. The van der Waals surface area contributed by atoms with Crippen LogP contribution in [-0.2, 0) is 9.53 Å². The van der Waals surface area contributed by atoms with Crippen LogP contribution in [0.4, 0.5) is 0 Å². The summed E-state index contributed by atoms with van der Waals surface area (Å²) in [7, 11) is 1.49. The van der Waals surface area contributed by atoms with E-state index >= 15 is 0 Å². The molecule has 2 unspecified atom stereocenters. The zero-order chi connectivity index (χ0) is 14.3. The number of hydrogen-bond acceptors (Lipinski definition) is 3. The fourth-order valence-corrected chi connectivity index (χ4v) is 3.09. The molecule has 0 aliphatic heterocycles. The molecule has 2 atom stereocenters. The smallest absolute Gasteiger partial charge is 0.313 e. The molecule has 0 aromatic carbocycles. The first-order chi connectivity index (χ1) is 9.11. The summed E-state index contributed by atoms with van der Waals surface area (Å²) in [6.45, 7) is 4.86. The minimum atomic E-state index is -0.426. The van der Waals surface area contributed by atoms with E-state index in [1.807, 2.05) is 0 Å². The van der Waals surface area contributed by atoms with Crippen molar-refractivity contribution in [2.45, 2.75) is 65.2 Å². The molecule has 0 bridgehead atoms. The van der Waals surface area contributed by atoms with Gasteiger partial charge in [0.15, 0.2) is 0 Å². The summed E-state index contributed by atoms with van der Waals surface area (Å²) in [4.78, 5) is 12.3. The van der Waals surface area contributed by atoms with Crippen LogP contribution in [0.1, 0.15) is 65.2 Å². The highest BCUT2D eigenvalue weighted by Gasteiger charge is 2.44. The second kappa shape index (κ2) is 7.88. The van der Waals surface area contributed by atoms with Crippen LogP contribution in [0.25, 0.3) is 0 Å². The van der Waals surface area contributed by atoms with Gasteiger partial charge in [0.1, 0.15) is 0 Å². The van der Waals surface area contributed by atoms with E-state index < -0.39 is 5.41 Å². The third kappa shape index (κ3) is 4.79. The van der Waals surface area contributed by atoms with Crippen molar-refractivity contribution in [3.8, 4) is 0 Å². The van der Waals surface area contributed by atoms with Crippen molar-refractivity contribution >= 4 is 5.97 Å². The summed E-state index contributed by atoms with van der Waals surface area (Å²) in [5.74, 6) is 1.21. The fraction of sp³-hybridized carbons (Fsp3) is 0.938. The third-order valence-corrected chi connectivity index (χ3v) is 4.61. The second-order valence-corrected chi connectivity index (χ2v) is 6.24. The molecule has 1 fully saturated rings. The monoisotopic (exact) mass is 269 g/mol. The van der Waals surface area contributed by atoms with E-state index in [9.17, 15) is 4.79 Å². The van der Waals surface area contributed by atoms with E-state index in [-0.39, 0.29) is 5.97 Å². The zero-order valence-corrected chi connectivity index (χ0v) is 12.9. The first-order valence-electron chi connectivity index (χ1n) is 7.90. The Morgan fingerprint density at radius 3 is 2.53 bits per heavy atom. The highest BCUT2D eigenvalue weighted by molar-refractivity contribution is 5.77. The van der Waals surface area contributed by atoms with Gasteiger partial charge in [0, 0.05) is 6.54 Å². The molecule has 0 spiro atoms. The molecular weight excluding hydrogens is 238 g/mol. The van der Waals surface area contributed by atoms with Crippen molar-refractivity contribution in [1.82, 2.24) is 0 Å². The van der Waals surface area contributed by atoms with Crippen molar-refractivity contribution < 1.29 is 9.53 Å². The highest BCUT2D eigenvalue weighted by Crippen LogP contribution is 2.44. The summed E-state index contributed by atoms with van der Waals surface area (Å²) in [6.07, 6.45) is 9.13. The van der Waals surface area contributed by atoms with E-state index in [1.54, 1.807) is 0 Å². The SMILES string of the molecule is CCCCC(CC)CC(CN)(CC1CC1)C(=O)OC. The van der Waals surface area contributed by atoms with Crippen molar-refractivity contribution in [3.63, 3.8) is 0 Å². The molecule has 1 aliphatic carbocycles. The minimum absolute atomic E-state index is 0.0863. The molecule has 1 aliphatic rings. The number of ether oxygens (including phenoxy) is 1. The van der Waals surface area contributed by atoms with Crippen LogP contribution in [0.2, 0.25) is 0 Å². The Morgan fingerprint density at radius 2 is 2.11 bits per heavy atom. The number of carbonyl (C=O) groups is 1. The summed E-state index contributed by atoms with van der Waals surface area (Å²) >= 11 is 0. The normalized spacial score (nSPS) is 19.8. The molecule has 0 aromatic rings. The third-order valence-electron chi connectivity index (χ3n) is 4.61. The lowest BCUT2D eigenvalue weighted by Crippen LogP contribution is -2.41. The molecule has 0 radical (unpaired) electrons. The largest absolute Gasteiger partial charge is 0.469 e. The van der Waals surface area contributed by atoms with Gasteiger partial charge in [-0.1, -0.05) is 52.4 Å². The summed E-state index contributed by atoms with van der Waals surface area (Å²) < 4.78 is 5.07.